The minimum absolute atomic E-state index is 0.0842. The largest absolute Gasteiger partial charge is 0.508 e. The molecule has 0 spiro atoms. The number of aromatic hydroxyl groups is 1. The van der Waals surface area contributed by atoms with E-state index in [0.717, 1.165) is 12.0 Å². The molecule has 1 heterocycles. The van der Waals surface area contributed by atoms with Crippen molar-refractivity contribution in [3.05, 3.63) is 59.2 Å². The summed E-state index contributed by atoms with van der Waals surface area (Å²) in [5, 5.41) is 25.9. The van der Waals surface area contributed by atoms with Crippen LogP contribution in [0.25, 0.3) is 0 Å². The number of nitrogens with two attached hydrogens (primary N) is 4. The van der Waals surface area contributed by atoms with Crippen molar-refractivity contribution >= 4 is 35.3 Å². The van der Waals surface area contributed by atoms with Crippen molar-refractivity contribution in [2.24, 2.45) is 22.9 Å². The Morgan fingerprint density at radius 1 is 1.04 bits per heavy atom. The molecule has 0 fully saturated rings. The first-order valence-corrected chi connectivity index (χ1v) is 15.6. The molecule has 0 aliphatic carbocycles. The maximum atomic E-state index is 14.2. The van der Waals surface area contributed by atoms with Gasteiger partial charge >= 0.3 is 0 Å². The number of carbonyl (C=O) groups is 4. The molecule has 13 N–H and O–H groups in total. The average molecular weight is 638 g/mol. The molecule has 4 atom stereocenters. The summed E-state index contributed by atoms with van der Waals surface area (Å²) < 4.78 is 0. The summed E-state index contributed by atoms with van der Waals surface area (Å²) in [6, 6.07) is 7.99. The summed E-state index contributed by atoms with van der Waals surface area (Å²) in [6.45, 7) is 2.61. The van der Waals surface area contributed by atoms with Crippen LogP contribution in [0.2, 0.25) is 0 Å². The van der Waals surface area contributed by atoms with Crippen molar-refractivity contribution in [2.45, 2.75) is 82.5 Å². The van der Waals surface area contributed by atoms with Gasteiger partial charge in [0.2, 0.25) is 17.7 Å². The molecule has 4 amide bonds. The van der Waals surface area contributed by atoms with E-state index >= 15 is 0 Å². The van der Waals surface area contributed by atoms with Gasteiger partial charge in [0.05, 0.1) is 11.7 Å². The monoisotopic (exact) mass is 637 g/mol. The normalized spacial score (nSPS) is 16.1. The van der Waals surface area contributed by atoms with Crippen LogP contribution in [-0.4, -0.2) is 72.0 Å². The lowest BCUT2D eigenvalue weighted by Gasteiger charge is -2.40. The molecule has 14 heteroatoms. The minimum Gasteiger partial charge on any atom is -0.508 e. The molecule has 2 unspecified atom stereocenters. The van der Waals surface area contributed by atoms with Crippen molar-refractivity contribution in [2.75, 3.05) is 18.0 Å². The predicted molar refractivity (Wildman–Crippen MR) is 176 cm³/mol. The first kappa shape index (κ1) is 35.8. The van der Waals surface area contributed by atoms with Crippen LogP contribution in [0, 0.1) is 12.3 Å². The number of nitrogens with zero attached hydrogens (tertiary/aromatic N) is 1. The third-order valence-electron chi connectivity index (χ3n) is 8.04. The quantitative estimate of drug-likeness (QED) is 0.0629. The van der Waals surface area contributed by atoms with Gasteiger partial charge in [0.25, 0.3) is 5.91 Å². The zero-order valence-electron chi connectivity index (χ0n) is 26.3. The molecule has 250 valence electrons. The number of hydrogen-bond donors (Lipinski definition) is 9. The smallest absolute Gasteiger partial charge is 0.250 e. The Labute approximate surface area is 269 Å². The van der Waals surface area contributed by atoms with Crippen molar-refractivity contribution < 1.29 is 24.3 Å². The van der Waals surface area contributed by atoms with Crippen molar-refractivity contribution in [3.63, 3.8) is 0 Å². The molecule has 1 aliphatic heterocycles. The molecule has 14 nitrogen and oxygen atoms in total. The number of anilines is 1. The number of nitrogens with one attached hydrogen (secondary N) is 4. The molecule has 0 saturated heterocycles. The first-order chi connectivity index (χ1) is 21.9. The number of carbonyl (C=O) groups excluding carboxylic acids is 4. The lowest BCUT2D eigenvalue weighted by atomic mass is 9.90. The summed E-state index contributed by atoms with van der Waals surface area (Å²) in [5.74, 6) is -2.67. The van der Waals surface area contributed by atoms with Crippen molar-refractivity contribution in [3.8, 4) is 5.75 Å². The van der Waals surface area contributed by atoms with Gasteiger partial charge in [-0.2, -0.15) is 0 Å². The van der Waals surface area contributed by atoms with E-state index in [-0.39, 0.29) is 37.4 Å². The standard InChI is InChI=1S/C32H47N9O5/c1-19-15-21(42)17-27-22(19)18-25(40-29(44)23(34)11-8-14-38-32(36)37)31(46)41(27)26(12-6-3-7-13-33)30(45)39-24(28(35)43)16-20-9-4-2-5-10-20/h2,4-5,9-10,15,17,23-26,42H,3,6-8,11-14,16,18,33-34H2,1H3,(H2,35,43)(H,39,45)(H,40,44)(H4,36,37,38)/t23?,24-,25?,26-/m0/s1. The fraction of sp³-hybridized carbons (Fsp3) is 0.469. The number of phenolic OH excluding ortho intramolecular Hbond substituents is 1. The second-order valence-electron chi connectivity index (χ2n) is 11.6. The van der Waals surface area contributed by atoms with E-state index < -0.39 is 47.8 Å². The average Bonchev–Trinajstić information content (AvgIpc) is 3.00. The highest BCUT2D eigenvalue weighted by Gasteiger charge is 2.42. The number of phenols is 1. The summed E-state index contributed by atoms with van der Waals surface area (Å²) in [5.41, 5.74) is 25.3. The first-order valence-electron chi connectivity index (χ1n) is 15.6. The number of hydrogen-bond acceptors (Lipinski definition) is 8. The van der Waals surface area contributed by atoms with Crippen LogP contribution < -0.4 is 43.8 Å². The summed E-state index contributed by atoms with van der Waals surface area (Å²) in [7, 11) is 0. The Hall–Kier alpha value is -4.69. The number of fused-ring (bicyclic) bond motifs is 1. The molecule has 0 bridgehead atoms. The lowest BCUT2D eigenvalue weighted by Crippen LogP contribution is -2.62. The van der Waals surface area contributed by atoms with Crippen LogP contribution in [0.5, 0.6) is 5.75 Å². The number of benzene rings is 2. The Balaban J connectivity index is 1.93. The van der Waals surface area contributed by atoms with E-state index in [9.17, 15) is 24.3 Å². The number of primary amides is 1. The molecule has 2 aromatic carbocycles. The van der Waals surface area contributed by atoms with E-state index in [4.69, 9.17) is 28.3 Å². The van der Waals surface area contributed by atoms with E-state index in [1.54, 1.807) is 13.0 Å². The second-order valence-corrected chi connectivity index (χ2v) is 11.6. The van der Waals surface area contributed by atoms with Gasteiger partial charge in [0.1, 0.15) is 23.9 Å². The van der Waals surface area contributed by atoms with E-state index in [1.165, 1.54) is 11.0 Å². The number of guanidine groups is 1. The number of rotatable bonds is 17. The van der Waals surface area contributed by atoms with Crippen LogP contribution in [0.4, 0.5) is 5.69 Å². The molecular formula is C32H47N9O5. The Morgan fingerprint density at radius 2 is 1.76 bits per heavy atom. The molecule has 0 saturated carbocycles. The Kier molecular flexibility index (Phi) is 13.3. The van der Waals surface area contributed by atoms with Gasteiger partial charge in [-0.25, -0.2) is 0 Å². The van der Waals surface area contributed by atoms with E-state index in [0.29, 0.717) is 49.2 Å². The van der Waals surface area contributed by atoms with Crippen molar-refractivity contribution in [1.82, 2.24) is 16.0 Å². The maximum absolute atomic E-state index is 14.2. The third-order valence-corrected chi connectivity index (χ3v) is 8.04. The molecule has 0 aromatic heterocycles. The zero-order valence-corrected chi connectivity index (χ0v) is 26.3. The van der Waals surface area contributed by atoms with Crippen LogP contribution >= 0.6 is 0 Å². The summed E-state index contributed by atoms with van der Waals surface area (Å²) >= 11 is 0. The number of unbranched alkanes of at least 4 members (excludes halogenated alkanes) is 2. The summed E-state index contributed by atoms with van der Waals surface area (Å²) in [4.78, 5) is 55.1. The van der Waals surface area contributed by atoms with Crippen LogP contribution in [0.1, 0.15) is 55.2 Å². The second kappa shape index (κ2) is 17.1. The highest BCUT2D eigenvalue weighted by atomic mass is 16.3. The number of aryl methyl sites for hydroxylation is 1. The van der Waals surface area contributed by atoms with Gasteiger partial charge in [0, 0.05) is 25.5 Å². The van der Waals surface area contributed by atoms with E-state index in [2.05, 4.69) is 16.0 Å². The SMILES string of the molecule is Cc1cc(O)cc2c1CC(NC(=O)C(N)CCCNC(=N)N)C(=O)N2[C@@H](CCCCCN)C(=O)N[C@@H](Cc1ccccc1)C(N)=O. The molecule has 46 heavy (non-hydrogen) atoms. The Bertz CT molecular complexity index is 1390. The van der Waals surface area contributed by atoms with Gasteiger partial charge in [-0.3, -0.25) is 29.5 Å². The third kappa shape index (κ3) is 9.91. The molecule has 3 rings (SSSR count). The van der Waals surface area contributed by atoms with Crippen molar-refractivity contribution in [1.29, 1.82) is 5.41 Å². The van der Waals surface area contributed by atoms with Gasteiger partial charge in [0.15, 0.2) is 5.96 Å². The van der Waals surface area contributed by atoms with Gasteiger partial charge in [-0.15, -0.1) is 0 Å². The predicted octanol–water partition coefficient (Wildman–Crippen LogP) is -0.234. The van der Waals surface area contributed by atoms with Crippen LogP contribution in [0.15, 0.2) is 42.5 Å². The fourth-order valence-electron chi connectivity index (χ4n) is 5.60. The molecule has 0 radical (unpaired) electrons. The molecular weight excluding hydrogens is 590 g/mol. The Morgan fingerprint density at radius 3 is 2.41 bits per heavy atom. The van der Waals surface area contributed by atoms with Gasteiger partial charge < -0.3 is 44.0 Å². The molecule has 2 aromatic rings. The van der Waals surface area contributed by atoms with Crippen LogP contribution in [-0.2, 0) is 32.0 Å². The summed E-state index contributed by atoms with van der Waals surface area (Å²) in [6.07, 6.45) is 3.22. The fourth-order valence-corrected chi connectivity index (χ4v) is 5.60. The minimum atomic E-state index is -1.09. The van der Waals surface area contributed by atoms with E-state index in [1.807, 2.05) is 30.3 Å². The maximum Gasteiger partial charge on any atom is 0.250 e. The highest BCUT2D eigenvalue weighted by Crippen LogP contribution is 2.36. The molecule has 1 aliphatic rings. The topological polar surface area (TPSA) is 256 Å². The highest BCUT2D eigenvalue weighted by molar-refractivity contribution is 6.07. The van der Waals surface area contributed by atoms with Crippen LogP contribution in [0.3, 0.4) is 0 Å². The van der Waals surface area contributed by atoms with Gasteiger partial charge in [-0.1, -0.05) is 43.2 Å². The number of amides is 4. The van der Waals surface area contributed by atoms with Gasteiger partial charge in [-0.05, 0) is 61.9 Å². The zero-order chi connectivity index (χ0) is 33.8. The lowest BCUT2D eigenvalue weighted by molar-refractivity contribution is -0.131.